The molecule has 0 fully saturated rings. The molecule has 8 heteroatoms. The maximum Gasteiger partial charge on any atom is 0.134 e. The number of benzene rings is 5. The van der Waals surface area contributed by atoms with Crippen LogP contribution in [0.25, 0.3) is 22.3 Å². The molecule has 6 nitrogen and oxygen atoms in total. The van der Waals surface area contributed by atoms with E-state index < -0.39 is 11.6 Å². The van der Waals surface area contributed by atoms with Gasteiger partial charge in [-0.1, -0.05) is 30.3 Å². The first kappa shape index (κ1) is 28.8. The number of hydrogen-bond acceptors (Lipinski definition) is 6. The number of ether oxygens (including phenoxy) is 3. The van der Waals surface area contributed by atoms with Gasteiger partial charge in [-0.05, 0) is 54.1 Å². The first-order valence-corrected chi connectivity index (χ1v) is 12.5. The fourth-order valence-corrected chi connectivity index (χ4v) is 4.07. The average Bonchev–Trinajstić information content (AvgIpc) is 2.97. The molecule has 41 heavy (non-hydrogen) atoms. The van der Waals surface area contributed by atoms with Crippen molar-refractivity contribution in [2.45, 2.75) is 6.61 Å². The lowest BCUT2D eigenvalue weighted by atomic mass is 10.0. The third-order valence-corrected chi connectivity index (χ3v) is 6.09. The van der Waals surface area contributed by atoms with Crippen molar-refractivity contribution in [2.24, 2.45) is 0 Å². The molecule has 0 bridgehead atoms. The molecule has 3 N–H and O–H groups in total. The number of phenols is 3. The van der Waals surface area contributed by atoms with Gasteiger partial charge < -0.3 is 29.5 Å². The fourth-order valence-electron chi connectivity index (χ4n) is 4.07. The number of hydrogen-bond donors (Lipinski definition) is 3. The predicted octanol–water partition coefficient (Wildman–Crippen LogP) is 7.70. The van der Waals surface area contributed by atoms with Crippen LogP contribution in [0.4, 0.5) is 8.78 Å². The second kappa shape index (κ2) is 13.2. The lowest BCUT2D eigenvalue weighted by Gasteiger charge is -2.13. The number of halogens is 2. The molecule has 5 aromatic rings. The van der Waals surface area contributed by atoms with E-state index in [0.29, 0.717) is 46.1 Å². The van der Waals surface area contributed by atoms with E-state index in [1.165, 1.54) is 50.6 Å². The van der Waals surface area contributed by atoms with E-state index >= 15 is 0 Å². The molecule has 0 saturated heterocycles. The van der Waals surface area contributed by atoms with Gasteiger partial charge in [0.05, 0.1) is 14.2 Å². The highest BCUT2D eigenvalue weighted by Crippen LogP contribution is 2.37. The van der Waals surface area contributed by atoms with E-state index in [9.17, 15) is 19.0 Å². The zero-order chi connectivity index (χ0) is 29.4. The first-order chi connectivity index (χ1) is 19.8. The Balaban J connectivity index is 0.000000201. The van der Waals surface area contributed by atoms with E-state index in [1.54, 1.807) is 24.3 Å². The van der Waals surface area contributed by atoms with E-state index in [-0.39, 0.29) is 17.2 Å². The van der Waals surface area contributed by atoms with Crippen LogP contribution in [0.15, 0.2) is 103 Å². The Kier molecular flexibility index (Phi) is 9.27. The summed E-state index contributed by atoms with van der Waals surface area (Å²) in [6, 6.07) is 27.4. The van der Waals surface area contributed by atoms with Crippen molar-refractivity contribution in [1.82, 2.24) is 0 Å². The van der Waals surface area contributed by atoms with E-state index in [2.05, 4.69) is 0 Å². The molecule has 0 aromatic heterocycles. The maximum absolute atomic E-state index is 14.1. The molecule has 0 atom stereocenters. The van der Waals surface area contributed by atoms with Crippen molar-refractivity contribution in [2.75, 3.05) is 14.2 Å². The highest BCUT2D eigenvalue weighted by atomic mass is 19.1. The van der Waals surface area contributed by atoms with Crippen molar-refractivity contribution in [1.29, 1.82) is 0 Å². The Bertz CT molecular complexity index is 1620. The van der Waals surface area contributed by atoms with Crippen molar-refractivity contribution >= 4 is 0 Å². The van der Waals surface area contributed by atoms with Crippen molar-refractivity contribution in [3.63, 3.8) is 0 Å². The fraction of sp³-hybridized carbons (Fsp3) is 0.0909. The molecule has 5 aromatic carbocycles. The summed E-state index contributed by atoms with van der Waals surface area (Å²) < 4.78 is 44.0. The molecule has 0 aliphatic heterocycles. The van der Waals surface area contributed by atoms with E-state index in [4.69, 9.17) is 19.3 Å². The highest BCUT2D eigenvalue weighted by Gasteiger charge is 2.13. The van der Waals surface area contributed by atoms with Crippen molar-refractivity contribution in [3.8, 4) is 56.8 Å². The minimum atomic E-state index is -0.547. The Morgan fingerprint density at radius 2 is 1.00 bits per heavy atom. The molecule has 210 valence electrons. The van der Waals surface area contributed by atoms with Crippen LogP contribution in [0.3, 0.4) is 0 Å². The number of methoxy groups -OCH3 is 2. The Morgan fingerprint density at radius 1 is 0.537 bits per heavy atom. The lowest BCUT2D eigenvalue weighted by Crippen LogP contribution is -1.97. The SMILES string of the molecule is COc1cc(O)ccc1-c1ccc(O)cc1F.COc1cc(OCc2ccccc2)ccc1-c1ccc(O)cc1F. The van der Waals surface area contributed by atoms with Gasteiger partial charge >= 0.3 is 0 Å². The van der Waals surface area contributed by atoms with Crippen molar-refractivity contribution in [3.05, 3.63) is 120 Å². The lowest BCUT2D eigenvalue weighted by molar-refractivity contribution is 0.304. The van der Waals surface area contributed by atoms with Crippen LogP contribution in [0, 0.1) is 11.6 Å². The standard InChI is InChI=1S/C20H17FO3.C13H11FO3/c1-23-20-12-16(24-13-14-5-3-2-4-6-14)8-10-18(20)17-9-7-15(22)11-19(17)21;1-17-13-7-9(16)3-5-11(13)10-4-2-8(15)6-12(10)14/h2-12,22H,13H2,1H3;2-7,15-16H,1H3. The van der Waals surface area contributed by atoms with Gasteiger partial charge in [0, 0.05) is 46.5 Å². The molecule has 0 saturated carbocycles. The summed E-state index contributed by atoms with van der Waals surface area (Å²) in [7, 11) is 2.97. The topological polar surface area (TPSA) is 88.4 Å². The van der Waals surface area contributed by atoms with Gasteiger partial charge in [0.2, 0.25) is 0 Å². The molecule has 0 radical (unpaired) electrons. The van der Waals surface area contributed by atoms with Gasteiger partial charge in [0.1, 0.15) is 52.7 Å². The minimum Gasteiger partial charge on any atom is -0.508 e. The van der Waals surface area contributed by atoms with Gasteiger partial charge in [-0.2, -0.15) is 0 Å². The molecule has 0 unspecified atom stereocenters. The van der Waals surface area contributed by atoms with Crippen LogP contribution in [0.2, 0.25) is 0 Å². The third-order valence-electron chi connectivity index (χ3n) is 6.09. The normalized spacial score (nSPS) is 10.3. The largest absolute Gasteiger partial charge is 0.508 e. The second-order valence-electron chi connectivity index (χ2n) is 8.85. The summed E-state index contributed by atoms with van der Waals surface area (Å²) in [6.07, 6.45) is 0. The van der Waals surface area contributed by atoms with Gasteiger partial charge in [-0.15, -0.1) is 0 Å². The summed E-state index contributed by atoms with van der Waals surface area (Å²) >= 11 is 0. The third kappa shape index (κ3) is 7.24. The van der Waals surface area contributed by atoms with Crippen LogP contribution in [0.1, 0.15) is 5.56 Å². The van der Waals surface area contributed by atoms with Crippen LogP contribution in [-0.4, -0.2) is 29.5 Å². The average molecular weight is 559 g/mol. The van der Waals surface area contributed by atoms with Gasteiger partial charge in [-0.25, -0.2) is 8.78 Å². The monoisotopic (exact) mass is 558 g/mol. The van der Waals surface area contributed by atoms with Gasteiger partial charge in [0.15, 0.2) is 0 Å². The molecule has 5 rings (SSSR count). The summed E-state index contributed by atoms with van der Waals surface area (Å²) in [5.41, 5.74) is 2.84. The molecule has 0 aliphatic carbocycles. The Hall–Kier alpha value is -5.24. The predicted molar refractivity (Wildman–Crippen MR) is 153 cm³/mol. The zero-order valence-electron chi connectivity index (χ0n) is 22.3. The Labute approximate surface area is 236 Å². The summed E-state index contributed by atoms with van der Waals surface area (Å²) in [6.45, 7) is 0.441. The van der Waals surface area contributed by atoms with Crippen LogP contribution < -0.4 is 14.2 Å². The van der Waals surface area contributed by atoms with Gasteiger partial charge in [-0.3, -0.25) is 0 Å². The molecular formula is C33H28F2O6. The van der Waals surface area contributed by atoms with E-state index in [1.807, 2.05) is 30.3 Å². The summed E-state index contributed by atoms with van der Waals surface area (Å²) in [4.78, 5) is 0. The van der Waals surface area contributed by atoms with Crippen LogP contribution in [-0.2, 0) is 6.61 Å². The first-order valence-electron chi connectivity index (χ1n) is 12.5. The zero-order valence-corrected chi connectivity index (χ0v) is 22.3. The molecule has 0 amide bonds. The Morgan fingerprint density at radius 3 is 1.51 bits per heavy atom. The quantitative estimate of drug-likeness (QED) is 0.190. The molecule has 0 heterocycles. The van der Waals surface area contributed by atoms with Crippen LogP contribution in [0.5, 0.6) is 34.5 Å². The molecule has 0 spiro atoms. The van der Waals surface area contributed by atoms with Crippen LogP contribution >= 0.6 is 0 Å². The molecular weight excluding hydrogens is 530 g/mol. The smallest absolute Gasteiger partial charge is 0.134 e. The number of phenolic OH excluding ortho intramolecular Hbond substituents is 3. The summed E-state index contributed by atoms with van der Waals surface area (Å²) in [5, 5.41) is 27.8. The van der Waals surface area contributed by atoms with Gasteiger partial charge in [0.25, 0.3) is 0 Å². The highest BCUT2D eigenvalue weighted by molar-refractivity contribution is 5.73. The maximum atomic E-state index is 14.1. The molecule has 0 aliphatic rings. The minimum absolute atomic E-state index is 0.0461. The van der Waals surface area contributed by atoms with Crippen molar-refractivity contribution < 1.29 is 38.3 Å². The summed E-state index contributed by atoms with van der Waals surface area (Å²) in [5.74, 6) is 0.255. The van der Waals surface area contributed by atoms with E-state index in [0.717, 1.165) is 17.7 Å². The number of aromatic hydroxyl groups is 3. The number of rotatable bonds is 7. The second-order valence-corrected chi connectivity index (χ2v) is 8.85.